The van der Waals surface area contributed by atoms with Crippen LogP contribution in [0.5, 0.6) is 0 Å². The fraction of sp³-hybridized carbons (Fsp3) is 0.833. The predicted octanol–water partition coefficient (Wildman–Crippen LogP) is 24.7. The third-order valence-electron chi connectivity index (χ3n) is 26.9. The van der Waals surface area contributed by atoms with E-state index in [2.05, 4.69) is 114 Å². The first-order chi connectivity index (χ1) is 58.5. The van der Waals surface area contributed by atoms with Gasteiger partial charge < -0.3 is 59.4 Å². The standard InChI is InChI=1S/3C36H64O4.2Al/c3*1-3-5-7-17-23-31-29-30-32(24-18-13-12-16-22-28-36(39)40)34(33(31)25-19-8-6-4-2)26-20-14-10-9-11-15-21-27-35(37)38;;/h3*20,26,29-34H,3-19,21-25,27-28H2,1-2H3,(H,37,38)(H,39,40);;/q;;;2*+3/p-6. The number of hydrogen-bond acceptors (Lipinski definition) is 12. The molecule has 0 aliphatic heterocycles. The van der Waals surface area contributed by atoms with Gasteiger partial charge in [0.2, 0.25) is 0 Å². The summed E-state index contributed by atoms with van der Waals surface area (Å²) in [6, 6.07) is 0. The summed E-state index contributed by atoms with van der Waals surface area (Å²) in [6.07, 6.45) is 110. The van der Waals surface area contributed by atoms with Crippen LogP contribution in [0, 0.1) is 71.0 Å². The molecular formula is C108H186Al2O12. The van der Waals surface area contributed by atoms with Crippen LogP contribution in [-0.4, -0.2) is 70.5 Å². The van der Waals surface area contributed by atoms with Gasteiger partial charge in [0.05, 0.1) is 0 Å². The predicted molar refractivity (Wildman–Crippen MR) is 505 cm³/mol. The maximum atomic E-state index is 10.7. The molecule has 0 aromatic carbocycles. The van der Waals surface area contributed by atoms with Crippen molar-refractivity contribution in [3.8, 4) is 0 Å². The molecule has 0 radical (unpaired) electrons. The fourth-order valence-corrected chi connectivity index (χ4v) is 19.7. The summed E-state index contributed by atoms with van der Waals surface area (Å²) in [6.45, 7) is 13.8. The van der Waals surface area contributed by atoms with E-state index in [1.807, 2.05) is 0 Å². The molecule has 0 fully saturated rings. The zero-order valence-corrected chi connectivity index (χ0v) is 82.1. The minimum absolute atomic E-state index is 0. The topological polar surface area (TPSA) is 241 Å². The Morgan fingerprint density at radius 3 is 0.533 bits per heavy atom. The van der Waals surface area contributed by atoms with Crippen LogP contribution in [-0.2, 0) is 28.8 Å². The van der Waals surface area contributed by atoms with Crippen LogP contribution >= 0.6 is 0 Å². The van der Waals surface area contributed by atoms with Crippen LogP contribution in [0.4, 0.5) is 0 Å². The van der Waals surface area contributed by atoms with Gasteiger partial charge in [-0.2, -0.15) is 0 Å². The number of carbonyl (C=O) groups is 6. The van der Waals surface area contributed by atoms with E-state index in [1.54, 1.807) is 0 Å². The molecule has 0 spiro atoms. The van der Waals surface area contributed by atoms with Crippen LogP contribution in [0.1, 0.15) is 504 Å². The van der Waals surface area contributed by atoms with E-state index in [0.717, 1.165) is 153 Å². The molecule has 14 heteroatoms. The van der Waals surface area contributed by atoms with Gasteiger partial charge >= 0.3 is 34.7 Å². The first-order valence-electron chi connectivity index (χ1n) is 51.7. The van der Waals surface area contributed by atoms with E-state index in [4.69, 9.17) is 0 Å². The number of aliphatic carboxylic acids is 6. The van der Waals surface area contributed by atoms with E-state index in [0.29, 0.717) is 53.3 Å². The minimum Gasteiger partial charge on any atom is -0.550 e. The van der Waals surface area contributed by atoms with Crippen molar-refractivity contribution in [1.29, 1.82) is 0 Å². The molecule has 122 heavy (non-hydrogen) atoms. The first-order valence-corrected chi connectivity index (χ1v) is 51.7. The molecule has 12 unspecified atom stereocenters. The third-order valence-corrected chi connectivity index (χ3v) is 26.9. The minimum atomic E-state index is -0.928. The molecule has 0 saturated heterocycles. The van der Waals surface area contributed by atoms with E-state index >= 15 is 0 Å². The summed E-state index contributed by atoms with van der Waals surface area (Å²) in [5.74, 6) is 2.54. The molecule has 3 rings (SSSR count). The Labute approximate surface area is 772 Å². The Morgan fingerprint density at radius 2 is 0.344 bits per heavy atom. The molecule has 0 amide bonds. The van der Waals surface area contributed by atoms with Gasteiger partial charge in [0.15, 0.2) is 0 Å². The normalized spacial score (nSPS) is 20.5. The van der Waals surface area contributed by atoms with Crippen molar-refractivity contribution in [3.63, 3.8) is 0 Å². The Hall–Kier alpha value is -3.68. The summed E-state index contributed by atoms with van der Waals surface area (Å²) < 4.78 is 0. The molecule has 0 N–H and O–H groups in total. The summed E-state index contributed by atoms with van der Waals surface area (Å²) in [5, 5.41) is 63.7. The maximum absolute atomic E-state index is 10.7. The van der Waals surface area contributed by atoms with Gasteiger partial charge in [-0.25, -0.2) is 0 Å². The molecule has 0 aromatic heterocycles. The van der Waals surface area contributed by atoms with Crippen molar-refractivity contribution in [2.24, 2.45) is 71.0 Å². The third kappa shape index (κ3) is 69.4. The summed E-state index contributed by atoms with van der Waals surface area (Å²) >= 11 is 0. The second kappa shape index (κ2) is 88.0. The van der Waals surface area contributed by atoms with Crippen LogP contribution < -0.4 is 30.6 Å². The molecule has 0 aromatic rings. The Morgan fingerprint density at radius 1 is 0.197 bits per heavy atom. The number of unbranched alkanes of at least 4 members (excludes halogenated alkanes) is 45. The number of allylic oxidation sites excluding steroid dienone is 12. The van der Waals surface area contributed by atoms with E-state index < -0.39 is 35.8 Å². The zero-order chi connectivity index (χ0) is 87.8. The van der Waals surface area contributed by atoms with Gasteiger partial charge in [0.1, 0.15) is 0 Å². The van der Waals surface area contributed by atoms with Crippen LogP contribution in [0.2, 0.25) is 0 Å². The molecular weight excluding hydrogens is 1540 g/mol. The molecule has 0 heterocycles. The van der Waals surface area contributed by atoms with Gasteiger partial charge in [-0.05, 0) is 244 Å². The van der Waals surface area contributed by atoms with Crippen LogP contribution in [0.15, 0.2) is 72.9 Å². The number of carboxylic acid groups (broad SMARTS) is 6. The SMILES string of the molecule is CCCCCCC1C=CC(CCCCCCCC(=O)[O-])C(C=CCCCCCCCC(=O)[O-])C1CCCCCC.CCCCCCC1C=CC(CCCCCCCC(=O)[O-])C(C=CCCCCCCCC(=O)[O-])C1CCCCCC.CCCCCCC1C=CC(CCCCCCCC(=O)[O-])C(C=CCCCCCCCC(=O)[O-])C1CCCCCC.[Al+3].[Al+3]. The van der Waals surface area contributed by atoms with Gasteiger partial charge in [0, 0.05) is 35.8 Å². The second-order valence-corrected chi connectivity index (χ2v) is 37.3. The van der Waals surface area contributed by atoms with Crippen molar-refractivity contribution in [1.82, 2.24) is 0 Å². The molecule has 12 nitrogen and oxygen atoms in total. The Balaban J connectivity index is 0. The molecule has 0 saturated carbocycles. The first kappa shape index (κ1) is 120. The van der Waals surface area contributed by atoms with Crippen LogP contribution in [0.3, 0.4) is 0 Å². The van der Waals surface area contributed by atoms with E-state index in [1.165, 1.54) is 289 Å². The van der Waals surface area contributed by atoms with Gasteiger partial charge in [-0.3, -0.25) is 0 Å². The quantitative estimate of drug-likeness (QED) is 0.0314. The Kier molecular flexibility index (Phi) is 86.8. The average Bonchev–Trinajstić information content (AvgIpc) is 0.830. The van der Waals surface area contributed by atoms with Crippen molar-refractivity contribution < 1.29 is 59.4 Å². The monoisotopic (exact) mass is 1730 g/mol. The van der Waals surface area contributed by atoms with Gasteiger partial charge in [0.25, 0.3) is 0 Å². The molecule has 0 bridgehead atoms. The summed E-state index contributed by atoms with van der Waals surface area (Å²) in [7, 11) is 0. The number of carbonyl (C=O) groups excluding carboxylic acids is 6. The number of hydrogen-bond donors (Lipinski definition) is 0. The molecule has 696 valence electrons. The molecule has 3 aliphatic carbocycles. The number of rotatable bonds is 81. The largest absolute Gasteiger partial charge is 3.00 e. The van der Waals surface area contributed by atoms with E-state index in [-0.39, 0.29) is 73.2 Å². The van der Waals surface area contributed by atoms with Crippen molar-refractivity contribution >= 4 is 70.5 Å². The zero-order valence-electron chi connectivity index (χ0n) is 79.8. The van der Waals surface area contributed by atoms with Crippen molar-refractivity contribution in [2.45, 2.75) is 504 Å². The molecule has 3 aliphatic rings. The second-order valence-electron chi connectivity index (χ2n) is 37.3. The smallest absolute Gasteiger partial charge is 0.550 e. The van der Waals surface area contributed by atoms with Gasteiger partial charge in [-0.1, -0.05) is 403 Å². The fourth-order valence-electron chi connectivity index (χ4n) is 19.7. The van der Waals surface area contributed by atoms with Crippen molar-refractivity contribution in [3.05, 3.63) is 72.9 Å². The van der Waals surface area contributed by atoms with Gasteiger partial charge in [-0.15, -0.1) is 0 Å². The number of carboxylic acids is 6. The van der Waals surface area contributed by atoms with E-state index in [9.17, 15) is 59.4 Å². The summed E-state index contributed by atoms with van der Waals surface area (Å²) in [4.78, 5) is 63.7. The molecule has 12 atom stereocenters. The Bertz CT molecular complexity index is 2340. The maximum Gasteiger partial charge on any atom is 3.00 e. The van der Waals surface area contributed by atoms with Crippen LogP contribution in [0.25, 0.3) is 0 Å². The summed E-state index contributed by atoms with van der Waals surface area (Å²) in [5.41, 5.74) is 0. The van der Waals surface area contributed by atoms with Crippen molar-refractivity contribution in [2.75, 3.05) is 0 Å². The average molecular weight is 1730 g/mol.